The van der Waals surface area contributed by atoms with Crippen LogP contribution in [0.4, 0.5) is 10.8 Å². The van der Waals surface area contributed by atoms with Gasteiger partial charge < -0.3 is 10.6 Å². The summed E-state index contributed by atoms with van der Waals surface area (Å²) < 4.78 is 0. The Morgan fingerprint density at radius 1 is 1.31 bits per heavy atom. The van der Waals surface area contributed by atoms with Crippen LogP contribution >= 0.6 is 11.3 Å². The fourth-order valence-corrected chi connectivity index (χ4v) is 4.25. The van der Waals surface area contributed by atoms with Crippen LogP contribution in [0.1, 0.15) is 56.0 Å². The lowest BCUT2D eigenvalue weighted by Crippen LogP contribution is -2.30. The van der Waals surface area contributed by atoms with E-state index in [4.69, 9.17) is 0 Å². The number of nitrogens with one attached hydrogen (secondary N) is 2. The predicted molar refractivity (Wildman–Crippen MR) is 103 cm³/mol. The number of hydrogen-bond donors (Lipinski definition) is 2. The van der Waals surface area contributed by atoms with E-state index in [2.05, 4.69) is 34.7 Å². The molecule has 2 amide bonds. The molecule has 26 heavy (non-hydrogen) atoms. The van der Waals surface area contributed by atoms with E-state index in [0.717, 1.165) is 29.1 Å². The lowest BCUT2D eigenvalue weighted by molar-refractivity contribution is -0.121. The molecular formula is C19H24N4O2S. The number of hydrogen-bond acceptors (Lipinski definition) is 5. The zero-order chi connectivity index (χ0) is 18.5. The average Bonchev–Trinajstić information content (AvgIpc) is 3.09. The van der Waals surface area contributed by atoms with Gasteiger partial charge in [-0.3, -0.25) is 9.59 Å². The number of benzene rings is 1. The van der Waals surface area contributed by atoms with Crippen LogP contribution in [0.5, 0.6) is 0 Å². The molecule has 0 radical (unpaired) electrons. The van der Waals surface area contributed by atoms with Gasteiger partial charge >= 0.3 is 0 Å². The third kappa shape index (κ3) is 4.27. The number of carbonyl (C=O) groups excluding carboxylic acids is 2. The van der Waals surface area contributed by atoms with Gasteiger partial charge in [0.1, 0.15) is 5.01 Å². The number of amides is 2. The molecular weight excluding hydrogens is 348 g/mol. The van der Waals surface area contributed by atoms with E-state index >= 15 is 0 Å². The highest BCUT2D eigenvalue weighted by Gasteiger charge is 2.26. The van der Waals surface area contributed by atoms with Gasteiger partial charge in [-0.1, -0.05) is 43.4 Å². The summed E-state index contributed by atoms with van der Waals surface area (Å²) in [4.78, 5) is 24.4. The lowest BCUT2D eigenvalue weighted by Gasteiger charge is -2.24. The number of para-hydroxylation sites is 1. The first-order chi connectivity index (χ1) is 12.6. The van der Waals surface area contributed by atoms with Gasteiger partial charge in [-0.15, -0.1) is 10.2 Å². The third-order valence-corrected chi connectivity index (χ3v) is 5.86. The first-order valence-electron chi connectivity index (χ1n) is 9.12. The smallest absolute Gasteiger partial charge is 0.227 e. The number of fused-ring (bicyclic) bond motifs is 1. The van der Waals surface area contributed by atoms with Crippen LogP contribution < -0.4 is 10.6 Å². The van der Waals surface area contributed by atoms with Crippen molar-refractivity contribution in [1.82, 2.24) is 10.2 Å². The Kier molecular flexibility index (Phi) is 5.98. The van der Waals surface area contributed by atoms with E-state index in [0.29, 0.717) is 30.3 Å². The molecule has 0 aliphatic carbocycles. The lowest BCUT2D eigenvalue weighted by atomic mass is 9.89. The highest BCUT2D eigenvalue weighted by Crippen LogP contribution is 2.29. The van der Waals surface area contributed by atoms with Crippen LogP contribution in [0.3, 0.4) is 0 Å². The zero-order valence-corrected chi connectivity index (χ0v) is 15.9. The van der Waals surface area contributed by atoms with Crippen molar-refractivity contribution in [3.8, 4) is 0 Å². The van der Waals surface area contributed by atoms with Crippen molar-refractivity contribution >= 4 is 34.0 Å². The Balaban J connectivity index is 1.52. The van der Waals surface area contributed by atoms with Crippen LogP contribution in [0.25, 0.3) is 0 Å². The summed E-state index contributed by atoms with van der Waals surface area (Å²) in [6.07, 6.45) is 3.51. The molecule has 138 valence electrons. The molecule has 0 fully saturated rings. The Morgan fingerprint density at radius 2 is 2.08 bits per heavy atom. The van der Waals surface area contributed by atoms with Crippen LogP contribution in [0.2, 0.25) is 0 Å². The maximum atomic E-state index is 12.2. The minimum Gasteiger partial charge on any atom is -0.326 e. The molecule has 1 aliphatic rings. The molecule has 0 spiro atoms. The minimum atomic E-state index is -0.176. The summed E-state index contributed by atoms with van der Waals surface area (Å²) in [6, 6.07) is 7.80. The topological polar surface area (TPSA) is 84.0 Å². The van der Waals surface area contributed by atoms with E-state index in [1.54, 1.807) is 0 Å². The van der Waals surface area contributed by atoms with Crippen molar-refractivity contribution < 1.29 is 9.59 Å². The van der Waals surface area contributed by atoms with Crippen molar-refractivity contribution in [2.75, 3.05) is 10.6 Å². The van der Waals surface area contributed by atoms with Gasteiger partial charge in [0.25, 0.3) is 0 Å². The SMILES string of the molecule is CCC(CC)c1nnc(NC(=O)CCC2Cc3ccccc3NC2=O)s1. The molecule has 1 aliphatic heterocycles. The highest BCUT2D eigenvalue weighted by molar-refractivity contribution is 7.15. The molecule has 6 nitrogen and oxygen atoms in total. The second kappa shape index (κ2) is 8.40. The van der Waals surface area contributed by atoms with Crippen LogP contribution in [0, 0.1) is 5.92 Å². The Hall–Kier alpha value is -2.28. The first-order valence-corrected chi connectivity index (χ1v) is 9.94. The number of nitrogens with zero attached hydrogens (tertiary/aromatic N) is 2. The molecule has 0 saturated carbocycles. The van der Waals surface area contributed by atoms with Gasteiger partial charge in [-0.2, -0.15) is 0 Å². The molecule has 1 unspecified atom stereocenters. The largest absolute Gasteiger partial charge is 0.326 e. The summed E-state index contributed by atoms with van der Waals surface area (Å²) in [5, 5.41) is 15.5. The average molecular weight is 372 g/mol. The van der Waals surface area contributed by atoms with Crippen molar-refractivity contribution in [2.24, 2.45) is 5.92 Å². The monoisotopic (exact) mass is 372 g/mol. The number of anilines is 2. The number of carbonyl (C=O) groups is 2. The van der Waals surface area contributed by atoms with E-state index in [-0.39, 0.29) is 17.7 Å². The zero-order valence-electron chi connectivity index (χ0n) is 15.1. The van der Waals surface area contributed by atoms with E-state index in [1.807, 2.05) is 24.3 Å². The van der Waals surface area contributed by atoms with Gasteiger partial charge in [0, 0.05) is 23.9 Å². The molecule has 1 atom stereocenters. The molecule has 2 heterocycles. The summed E-state index contributed by atoms with van der Waals surface area (Å²) in [5.74, 6) is 0.0849. The summed E-state index contributed by atoms with van der Waals surface area (Å²) in [6.45, 7) is 4.25. The van der Waals surface area contributed by atoms with Gasteiger partial charge in [-0.25, -0.2) is 0 Å². The minimum absolute atomic E-state index is 0.0107. The van der Waals surface area contributed by atoms with Gasteiger partial charge in [0.05, 0.1) is 0 Å². The number of aromatic nitrogens is 2. The standard InChI is InChI=1S/C19H24N4O2S/c1-3-12(4-2)18-22-23-19(26-18)21-16(24)10-9-14-11-13-7-5-6-8-15(13)20-17(14)25/h5-8,12,14H,3-4,9-11H2,1-2H3,(H,20,25)(H,21,23,24). The highest BCUT2D eigenvalue weighted by atomic mass is 32.1. The van der Waals surface area contributed by atoms with Crippen LogP contribution in [-0.4, -0.2) is 22.0 Å². The Labute approximate surface area is 157 Å². The molecule has 3 rings (SSSR count). The van der Waals surface area contributed by atoms with Gasteiger partial charge in [0.15, 0.2) is 0 Å². The fourth-order valence-electron chi connectivity index (χ4n) is 3.22. The molecule has 1 aromatic heterocycles. The maximum Gasteiger partial charge on any atom is 0.227 e. The molecule has 7 heteroatoms. The van der Waals surface area contributed by atoms with Crippen molar-refractivity contribution in [3.63, 3.8) is 0 Å². The van der Waals surface area contributed by atoms with E-state index < -0.39 is 0 Å². The summed E-state index contributed by atoms with van der Waals surface area (Å²) in [5.41, 5.74) is 2.00. The van der Waals surface area contributed by atoms with E-state index in [9.17, 15) is 9.59 Å². The van der Waals surface area contributed by atoms with Crippen LogP contribution in [0.15, 0.2) is 24.3 Å². The molecule has 1 aromatic carbocycles. The normalized spacial score (nSPS) is 16.3. The first kappa shape index (κ1) is 18.5. The third-order valence-electron chi connectivity index (χ3n) is 4.85. The Bertz CT molecular complexity index is 785. The van der Waals surface area contributed by atoms with Crippen molar-refractivity contribution in [1.29, 1.82) is 0 Å². The summed E-state index contributed by atoms with van der Waals surface area (Å²) >= 11 is 1.44. The maximum absolute atomic E-state index is 12.2. The van der Waals surface area contributed by atoms with Gasteiger partial charge in [0.2, 0.25) is 16.9 Å². The fraction of sp³-hybridized carbons (Fsp3) is 0.474. The molecule has 0 bridgehead atoms. The molecule has 2 N–H and O–H groups in total. The van der Waals surface area contributed by atoms with E-state index in [1.165, 1.54) is 11.3 Å². The predicted octanol–water partition coefficient (Wildman–Crippen LogP) is 3.97. The second-order valence-electron chi connectivity index (χ2n) is 6.59. The molecule has 0 saturated heterocycles. The molecule has 2 aromatic rings. The van der Waals surface area contributed by atoms with Crippen molar-refractivity contribution in [2.45, 2.75) is 51.9 Å². The van der Waals surface area contributed by atoms with Crippen LogP contribution in [-0.2, 0) is 16.0 Å². The summed E-state index contributed by atoms with van der Waals surface area (Å²) in [7, 11) is 0. The van der Waals surface area contributed by atoms with Crippen molar-refractivity contribution in [3.05, 3.63) is 34.8 Å². The quantitative estimate of drug-likeness (QED) is 0.770. The second-order valence-corrected chi connectivity index (χ2v) is 7.60. The van der Waals surface area contributed by atoms with Gasteiger partial charge in [-0.05, 0) is 37.3 Å². The number of rotatable bonds is 7. The Morgan fingerprint density at radius 3 is 2.85 bits per heavy atom.